The second kappa shape index (κ2) is 7.04. The zero-order valence-electron chi connectivity index (χ0n) is 14.5. The van der Waals surface area contributed by atoms with Crippen LogP contribution in [0, 0.1) is 6.92 Å². The molecule has 1 saturated heterocycles. The van der Waals surface area contributed by atoms with Gasteiger partial charge in [0.05, 0.1) is 4.08 Å². The lowest BCUT2D eigenvalue weighted by Crippen LogP contribution is -2.41. The fourth-order valence-electron chi connectivity index (χ4n) is 3.65. The number of benzene rings is 1. The number of carbonyl (C=O) groups is 2. The number of hydrogen-bond donors (Lipinski definition) is 2. The Morgan fingerprint density at radius 3 is 2.50 bits per heavy atom. The molecule has 26 heavy (non-hydrogen) atoms. The molecular formula is C19H20N2O3S2. The molecule has 2 aliphatic rings. The maximum Gasteiger partial charge on any atom is 0.305 e. The van der Waals surface area contributed by atoms with E-state index in [1.165, 1.54) is 5.56 Å². The molecule has 0 radical (unpaired) electrons. The number of hydrogen-bond acceptors (Lipinski definition) is 5. The summed E-state index contributed by atoms with van der Waals surface area (Å²) in [6, 6.07) is 8.77. The Kier molecular flexibility index (Phi) is 4.75. The first-order valence-electron chi connectivity index (χ1n) is 8.67. The number of rotatable bonds is 2. The van der Waals surface area contributed by atoms with Gasteiger partial charge in [0.1, 0.15) is 5.76 Å². The van der Waals surface area contributed by atoms with Crippen LogP contribution in [0.25, 0.3) is 0 Å². The molecule has 5 nitrogen and oxygen atoms in total. The Hall–Kier alpha value is -1.86. The number of hydrazine groups is 1. The molecule has 0 saturated carbocycles. The minimum atomic E-state index is -0.413. The number of thioether (sulfide) groups is 2. The van der Waals surface area contributed by atoms with Crippen LogP contribution in [0.3, 0.4) is 0 Å². The van der Waals surface area contributed by atoms with Crippen molar-refractivity contribution in [1.82, 2.24) is 10.9 Å². The number of amides is 2. The molecule has 0 atom stereocenters. The summed E-state index contributed by atoms with van der Waals surface area (Å²) >= 11 is 3.93. The second-order valence-corrected chi connectivity index (χ2v) is 9.48. The lowest BCUT2D eigenvalue weighted by molar-refractivity contribution is 0.0829. The quantitative estimate of drug-likeness (QED) is 0.769. The van der Waals surface area contributed by atoms with Crippen LogP contribution < -0.4 is 10.9 Å². The normalized spacial score (nSPS) is 17.7. The van der Waals surface area contributed by atoms with Gasteiger partial charge in [0, 0.05) is 34.6 Å². The summed E-state index contributed by atoms with van der Waals surface area (Å²) in [5.41, 5.74) is 7.51. The van der Waals surface area contributed by atoms with Gasteiger partial charge >= 0.3 is 5.91 Å². The van der Waals surface area contributed by atoms with Gasteiger partial charge in [-0.3, -0.25) is 20.4 Å². The van der Waals surface area contributed by atoms with E-state index in [4.69, 9.17) is 4.42 Å². The number of furan rings is 1. The van der Waals surface area contributed by atoms with E-state index in [0.717, 1.165) is 42.1 Å². The van der Waals surface area contributed by atoms with Crippen molar-refractivity contribution in [3.8, 4) is 0 Å². The SMILES string of the molecule is Cc1c(C(=O)NNC(=O)c2ccccc2)oc2c1C1(CCC2)SCCS1. The monoisotopic (exact) mass is 388 g/mol. The van der Waals surface area contributed by atoms with Crippen LogP contribution in [0.5, 0.6) is 0 Å². The van der Waals surface area contributed by atoms with Crippen LogP contribution in [-0.4, -0.2) is 23.3 Å². The molecule has 4 rings (SSSR count). The summed E-state index contributed by atoms with van der Waals surface area (Å²) in [6.45, 7) is 1.95. The number of nitrogens with one attached hydrogen (secondary N) is 2. The van der Waals surface area contributed by atoms with E-state index < -0.39 is 5.91 Å². The maximum atomic E-state index is 12.6. The van der Waals surface area contributed by atoms with Gasteiger partial charge < -0.3 is 4.42 Å². The Balaban J connectivity index is 1.52. The Morgan fingerprint density at radius 1 is 1.08 bits per heavy atom. The fraction of sp³-hybridized carbons (Fsp3) is 0.368. The fourth-order valence-corrected chi connectivity index (χ4v) is 7.21. The zero-order chi connectivity index (χ0) is 18.1. The van der Waals surface area contributed by atoms with Gasteiger partial charge in [0.15, 0.2) is 5.76 Å². The minimum absolute atomic E-state index is 0.0347. The first kappa shape index (κ1) is 17.5. The van der Waals surface area contributed by atoms with Gasteiger partial charge in [0.2, 0.25) is 0 Å². The van der Waals surface area contributed by atoms with Crippen LogP contribution in [0.2, 0.25) is 0 Å². The first-order chi connectivity index (χ1) is 12.6. The summed E-state index contributed by atoms with van der Waals surface area (Å²) in [6.07, 6.45) is 3.05. The van der Waals surface area contributed by atoms with Crippen molar-refractivity contribution in [2.24, 2.45) is 0 Å². The standard InChI is InChI=1S/C19H20N2O3S2/c1-12-15-14(8-5-9-19(15)25-10-11-26-19)24-16(12)18(23)21-20-17(22)13-6-3-2-4-7-13/h2-4,6-7H,5,8-11H2,1H3,(H,20,22)(H,21,23). The van der Waals surface area contributed by atoms with Crippen LogP contribution in [0.1, 0.15) is 50.6 Å². The van der Waals surface area contributed by atoms with Gasteiger partial charge in [0.25, 0.3) is 5.91 Å². The molecule has 2 aromatic rings. The third-order valence-corrected chi connectivity index (χ3v) is 8.33. The molecule has 1 spiro atoms. The van der Waals surface area contributed by atoms with E-state index in [9.17, 15) is 9.59 Å². The number of fused-ring (bicyclic) bond motifs is 2. The molecule has 1 aliphatic heterocycles. The molecule has 1 aliphatic carbocycles. The molecule has 2 amide bonds. The average Bonchev–Trinajstić information content (AvgIpc) is 3.26. The summed E-state index contributed by atoms with van der Waals surface area (Å²) in [7, 11) is 0. The molecule has 1 aromatic carbocycles. The highest BCUT2D eigenvalue weighted by molar-refractivity contribution is 8.20. The second-order valence-electron chi connectivity index (χ2n) is 6.43. The number of aryl methyl sites for hydroxylation is 1. The third kappa shape index (κ3) is 3.03. The van der Waals surface area contributed by atoms with Gasteiger partial charge in [-0.05, 0) is 31.9 Å². The van der Waals surface area contributed by atoms with Crippen molar-refractivity contribution in [3.63, 3.8) is 0 Å². The Morgan fingerprint density at radius 2 is 1.77 bits per heavy atom. The first-order valence-corrected chi connectivity index (χ1v) is 10.6. The van der Waals surface area contributed by atoms with E-state index in [-0.39, 0.29) is 9.99 Å². The van der Waals surface area contributed by atoms with Crippen molar-refractivity contribution in [1.29, 1.82) is 0 Å². The largest absolute Gasteiger partial charge is 0.455 e. The Labute approximate surface area is 160 Å². The van der Waals surface area contributed by atoms with Crippen LogP contribution >= 0.6 is 23.5 Å². The molecule has 2 heterocycles. The van der Waals surface area contributed by atoms with Gasteiger partial charge in [-0.25, -0.2) is 0 Å². The maximum absolute atomic E-state index is 12.6. The lowest BCUT2D eigenvalue weighted by Gasteiger charge is -2.31. The van der Waals surface area contributed by atoms with E-state index in [0.29, 0.717) is 11.3 Å². The van der Waals surface area contributed by atoms with E-state index in [2.05, 4.69) is 10.9 Å². The topological polar surface area (TPSA) is 71.3 Å². The van der Waals surface area contributed by atoms with E-state index in [1.54, 1.807) is 24.3 Å². The minimum Gasteiger partial charge on any atom is -0.455 e. The molecule has 1 aromatic heterocycles. The molecular weight excluding hydrogens is 368 g/mol. The van der Waals surface area contributed by atoms with Crippen molar-refractivity contribution in [2.75, 3.05) is 11.5 Å². The highest BCUT2D eigenvalue weighted by atomic mass is 32.2. The van der Waals surface area contributed by atoms with Gasteiger partial charge in [-0.15, -0.1) is 23.5 Å². The van der Waals surface area contributed by atoms with Gasteiger partial charge in [-0.2, -0.15) is 0 Å². The van der Waals surface area contributed by atoms with Crippen molar-refractivity contribution >= 4 is 35.3 Å². The summed E-state index contributed by atoms with van der Waals surface area (Å²) in [5, 5.41) is 0. The highest BCUT2D eigenvalue weighted by Crippen LogP contribution is 2.59. The summed E-state index contributed by atoms with van der Waals surface area (Å²) in [4.78, 5) is 24.7. The van der Waals surface area contributed by atoms with Crippen LogP contribution in [-0.2, 0) is 10.5 Å². The van der Waals surface area contributed by atoms with Gasteiger partial charge in [-0.1, -0.05) is 18.2 Å². The van der Waals surface area contributed by atoms with E-state index in [1.807, 2.05) is 36.5 Å². The van der Waals surface area contributed by atoms with Crippen molar-refractivity contribution in [2.45, 2.75) is 30.3 Å². The van der Waals surface area contributed by atoms with Crippen LogP contribution in [0.4, 0.5) is 0 Å². The Bertz CT molecular complexity index is 842. The smallest absolute Gasteiger partial charge is 0.305 e. The molecule has 7 heteroatoms. The molecule has 0 unspecified atom stereocenters. The predicted octanol–water partition coefficient (Wildman–Crippen LogP) is 3.63. The van der Waals surface area contributed by atoms with E-state index >= 15 is 0 Å². The third-order valence-electron chi connectivity index (χ3n) is 4.80. The zero-order valence-corrected chi connectivity index (χ0v) is 16.1. The molecule has 0 bridgehead atoms. The number of carbonyl (C=O) groups excluding carboxylic acids is 2. The average molecular weight is 389 g/mol. The predicted molar refractivity (Wildman–Crippen MR) is 104 cm³/mol. The lowest BCUT2D eigenvalue weighted by atomic mass is 9.94. The molecule has 2 N–H and O–H groups in total. The molecule has 1 fully saturated rings. The summed E-state index contributed by atoms with van der Waals surface area (Å²) < 4.78 is 5.97. The highest BCUT2D eigenvalue weighted by Gasteiger charge is 2.45. The summed E-state index contributed by atoms with van der Waals surface area (Å²) in [5.74, 6) is 2.72. The molecule has 136 valence electrons. The van der Waals surface area contributed by atoms with Crippen molar-refractivity contribution in [3.05, 3.63) is 58.5 Å². The van der Waals surface area contributed by atoms with Crippen molar-refractivity contribution < 1.29 is 14.0 Å². The van der Waals surface area contributed by atoms with Crippen LogP contribution in [0.15, 0.2) is 34.7 Å².